The monoisotopic (exact) mass is 226 g/mol. The van der Waals surface area contributed by atoms with Gasteiger partial charge in [-0.3, -0.25) is 0 Å². The molecule has 0 radical (unpaired) electrons. The summed E-state index contributed by atoms with van der Waals surface area (Å²) in [5.74, 6) is -1.15. The summed E-state index contributed by atoms with van der Waals surface area (Å²) < 4.78 is 18.0. The molecular weight excluding hydrogens is 211 g/mol. The SMILES string of the molecule is CCCCc1nc(C(=O)OC)cc(N)c1F. The number of nitrogens with two attached hydrogens (primary N) is 1. The zero-order chi connectivity index (χ0) is 12.1. The molecule has 4 nitrogen and oxygen atoms in total. The lowest BCUT2D eigenvalue weighted by atomic mass is 10.1. The molecule has 0 spiro atoms. The molecule has 16 heavy (non-hydrogen) atoms. The Kier molecular flexibility index (Phi) is 4.22. The fourth-order valence-corrected chi connectivity index (χ4v) is 1.32. The molecule has 5 heteroatoms. The van der Waals surface area contributed by atoms with Gasteiger partial charge in [0.2, 0.25) is 0 Å². The van der Waals surface area contributed by atoms with E-state index >= 15 is 0 Å². The number of hydrogen-bond donors (Lipinski definition) is 1. The van der Waals surface area contributed by atoms with Gasteiger partial charge in [-0.1, -0.05) is 13.3 Å². The number of halogens is 1. The predicted molar refractivity (Wildman–Crippen MR) is 58.6 cm³/mol. The van der Waals surface area contributed by atoms with Gasteiger partial charge in [0.25, 0.3) is 0 Å². The number of rotatable bonds is 4. The second-order valence-electron chi connectivity index (χ2n) is 3.45. The van der Waals surface area contributed by atoms with Crippen molar-refractivity contribution in [1.29, 1.82) is 0 Å². The molecule has 1 aromatic rings. The molecule has 0 saturated carbocycles. The number of esters is 1. The molecule has 0 unspecified atom stereocenters. The van der Waals surface area contributed by atoms with Crippen LogP contribution in [0.5, 0.6) is 0 Å². The van der Waals surface area contributed by atoms with E-state index in [2.05, 4.69) is 9.72 Å². The number of anilines is 1. The van der Waals surface area contributed by atoms with Crippen molar-refractivity contribution in [1.82, 2.24) is 4.98 Å². The van der Waals surface area contributed by atoms with Crippen LogP contribution in [-0.2, 0) is 11.2 Å². The Morgan fingerprint density at radius 2 is 2.31 bits per heavy atom. The number of hydrogen-bond acceptors (Lipinski definition) is 4. The van der Waals surface area contributed by atoms with Crippen LogP contribution in [0.25, 0.3) is 0 Å². The molecule has 1 heterocycles. The normalized spacial score (nSPS) is 10.2. The molecular formula is C11H15FN2O2. The van der Waals surface area contributed by atoms with Gasteiger partial charge in [0.1, 0.15) is 0 Å². The molecule has 1 rings (SSSR count). The third kappa shape index (κ3) is 2.68. The topological polar surface area (TPSA) is 65.2 Å². The summed E-state index contributed by atoms with van der Waals surface area (Å²) in [6.45, 7) is 1.99. The number of pyridine rings is 1. The lowest BCUT2D eigenvalue weighted by Gasteiger charge is -2.06. The fourth-order valence-electron chi connectivity index (χ4n) is 1.32. The minimum Gasteiger partial charge on any atom is -0.464 e. The average molecular weight is 226 g/mol. The van der Waals surface area contributed by atoms with Crippen molar-refractivity contribution in [3.05, 3.63) is 23.3 Å². The lowest BCUT2D eigenvalue weighted by Crippen LogP contribution is -2.10. The highest BCUT2D eigenvalue weighted by Gasteiger charge is 2.14. The zero-order valence-corrected chi connectivity index (χ0v) is 9.42. The Bertz CT molecular complexity index is 394. The molecule has 88 valence electrons. The van der Waals surface area contributed by atoms with Gasteiger partial charge in [0, 0.05) is 0 Å². The Balaban J connectivity index is 3.06. The van der Waals surface area contributed by atoms with Crippen LogP contribution in [0.1, 0.15) is 35.9 Å². The second kappa shape index (κ2) is 5.44. The molecule has 0 atom stereocenters. The molecule has 1 aromatic heterocycles. The maximum atomic E-state index is 13.5. The van der Waals surface area contributed by atoms with E-state index in [1.165, 1.54) is 13.2 Å². The molecule has 0 aliphatic carbocycles. The second-order valence-corrected chi connectivity index (χ2v) is 3.45. The maximum absolute atomic E-state index is 13.5. The zero-order valence-electron chi connectivity index (χ0n) is 9.42. The van der Waals surface area contributed by atoms with E-state index in [0.29, 0.717) is 6.42 Å². The van der Waals surface area contributed by atoms with Crippen molar-refractivity contribution in [2.24, 2.45) is 0 Å². The van der Waals surface area contributed by atoms with Gasteiger partial charge in [-0.2, -0.15) is 0 Å². The standard InChI is InChI=1S/C11H15FN2O2/c1-3-4-5-8-10(12)7(13)6-9(14-8)11(15)16-2/h6H,3-5H2,1-2H3,(H2,13,14). The third-order valence-electron chi connectivity index (χ3n) is 2.22. The largest absolute Gasteiger partial charge is 0.464 e. The van der Waals surface area contributed by atoms with Crippen molar-refractivity contribution in [2.75, 3.05) is 12.8 Å². The maximum Gasteiger partial charge on any atom is 0.356 e. The van der Waals surface area contributed by atoms with E-state index < -0.39 is 11.8 Å². The predicted octanol–water partition coefficient (Wildman–Crippen LogP) is 1.93. The molecule has 0 amide bonds. The third-order valence-corrected chi connectivity index (χ3v) is 2.22. The van der Waals surface area contributed by atoms with Crippen molar-refractivity contribution >= 4 is 11.7 Å². The minimum absolute atomic E-state index is 0.0486. The molecule has 2 N–H and O–H groups in total. The van der Waals surface area contributed by atoms with Crippen LogP contribution in [0, 0.1) is 5.82 Å². The Morgan fingerprint density at radius 1 is 1.62 bits per heavy atom. The van der Waals surface area contributed by atoms with Crippen molar-refractivity contribution < 1.29 is 13.9 Å². The first-order valence-electron chi connectivity index (χ1n) is 5.13. The van der Waals surface area contributed by atoms with E-state index in [9.17, 15) is 9.18 Å². The highest BCUT2D eigenvalue weighted by Crippen LogP contribution is 2.17. The van der Waals surface area contributed by atoms with Crippen LogP contribution in [0.3, 0.4) is 0 Å². The Hall–Kier alpha value is -1.65. The summed E-state index contributed by atoms with van der Waals surface area (Å²) in [5, 5.41) is 0. The molecule has 0 aliphatic rings. The van der Waals surface area contributed by atoms with Crippen molar-refractivity contribution in [2.45, 2.75) is 26.2 Å². The number of methoxy groups -OCH3 is 1. The summed E-state index contributed by atoms with van der Waals surface area (Å²) in [5.41, 5.74) is 5.67. The Morgan fingerprint density at radius 3 is 2.88 bits per heavy atom. The molecule has 0 fully saturated rings. The number of aryl methyl sites for hydroxylation is 1. The summed E-state index contributed by atoms with van der Waals surface area (Å²) >= 11 is 0. The first-order valence-corrected chi connectivity index (χ1v) is 5.13. The summed E-state index contributed by atoms with van der Waals surface area (Å²) in [4.78, 5) is 15.2. The van der Waals surface area contributed by atoms with Crippen molar-refractivity contribution in [3.63, 3.8) is 0 Å². The van der Waals surface area contributed by atoms with E-state index in [1.54, 1.807) is 0 Å². The van der Waals surface area contributed by atoms with E-state index in [0.717, 1.165) is 12.8 Å². The van der Waals surface area contributed by atoms with E-state index in [1.807, 2.05) is 6.92 Å². The molecule has 0 bridgehead atoms. The van der Waals surface area contributed by atoms with Gasteiger partial charge < -0.3 is 10.5 Å². The highest BCUT2D eigenvalue weighted by atomic mass is 19.1. The fraction of sp³-hybridized carbons (Fsp3) is 0.455. The van der Waals surface area contributed by atoms with Crippen LogP contribution in [0.2, 0.25) is 0 Å². The Labute approximate surface area is 93.6 Å². The van der Waals surface area contributed by atoms with Gasteiger partial charge in [0.15, 0.2) is 11.5 Å². The lowest BCUT2D eigenvalue weighted by molar-refractivity contribution is 0.0593. The quantitative estimate of drug-likeness (QED) is 0.797. The van der Waals surface area contributed by atoms with E-state index in [4.69, 9.17) is 5.73 Å². The number of ether oxygens (including phenoxy) is 1. The van der Waals surface area contributed by atoms with Gasteiger partial charge in [0.05, 0.1) is 18.5 Å². The number of unbranched alkanes of at least 4 members (excludes halogenated alkanes) is 1. The van der Waals surface area contributed by atoms with Gasteiger partial charge >= 0.3 is 5.97 Å². The van der Waals surface area contributed by atoms with Crippen LogP contribution in [-0.4, -0.2) is 18.1 Å². The first kappa shape index (κ1) is 12.4. The number of carbonyl (C=O) groups is 1. The minimum atomic E-state index is -0.607. The number of nitrogens with zero attached hydrogens (tertiary/aromatic N) is 1. The van der Waals surface area contributed by atoms with Gasteiger partial charge in [-0.25, -0.2) is 14.2 Å². The van der Waals surface area contributed by atoms with Crippen LogP contribution < -0.4 is 5.73 Å². The summed E-state index contributed by atoms with van der Waals surface area (Å²) in [6.07, 6.45) is 2.19. The first-order chi connectivity index (χ1) is 7.60. The number of nitrogen functional groups attached to an aromatic ring is 1. The van der Waals surface area contributed by atoms with Gasteiger partial charge in [-0.15, -0.1) is 0 Å². The summed E-state index contributed by atoms with van der Waals surface area (Å²) in [6, 6.07) is 1.19. The van der Waals surface area contributed by atoms with Crippen LogP contribution >= 0.6 is 0 Å². The van der Waals surface area contributed by atoms with Crippen molar-refractivity contribution in [3.8, 4) is 0 Å². The molecule has 0 aliphatic heterocycles. The highest BCUT2D eigenvalue weighted by molar-refractivity contribution is 5.88. The smallest absolute Gasteiger partial charge is 0.356 e. The van der Waals surface area contributed by atoms with E-state index in [-0.39, 0.29) is 17.1 Å². The number of aromatic nitrogens is 1. The van der Waals surface area contributed by atoms with Crippen LogP contribution in [0.4, 0.5) is 10.1 Å². The average Bonchev–Trinajstić information content (AvgIpc) is 2.29. The summed E-state index contributed by atoms with van der Waals surface area (Å²) in [7, 11) is 1.25. The number of carbonyl (C=O) groups excluding carboxylic acids is 1. The van der Waals surface area contributed by atoms with Crippen LogP contribution in [0.15, 0.2) is 6.07 Å². The molecule has 0 aromatic carbocycles. The van der Waals surface area contributed by atoms with Gasteiger partial charge in [-0.05, 0) is 18.9 Å². The molecule has 0 saturated heterocycles.